The number of anilines is 1. The zero-order chi connectivity index (χ0) is 23.1. The molecule has 32 heavy (non-hydrogen) atoms. The number of amides is 2. The maximum absolute atomic E-state index is 12.6. The summed E-state index contributed by atoms with van der Waals surface area (Å²) in [6.45, 7) is 1.65. The van der Waals surface area contributed by atoms with Crippen molar-refractivity contribution in [3.8, 4) is 5.75 Å². The van der Waals surface area contributed by atoms with Crippen LogP contribution >= 0.6 is 0 Å². The second kappa shape index (κ2) is 10.6. The van der Waals surface area contributed by atoms with Crippen molar-refractivity contribution in [2.24, 2.45) is 0 Å². The molecule has 1 unspecified atom stereocenters. The van der Waals surface area contributed by atoms with Crippen molar-refractivity contribution in [1.29, 1.82) is 0 Å². The lowest BCUT2D eigenvalue weighted by atomic mass is 10.0. The van der Waals surface area contributed by atoms with E-state index in [2.05, 4.69) is 10.0 Å². The van der Waals surface area contributed by atoms with Crippen LogP contribution in [0.2, 0.25) is 0 Å². The number of ether oxygens (including phenoxy) is 1. The summed E-state index contributed by atoms with van der Waals surface area (Å²) in [5.74, 6) is 0.427. The summed E-state index contributed by atoms with van der Waals surface area (Å²) in [4.78, 5) is 26.8. The van der Waals surface area contributed by atoms with Gasteiger partial charge in [0.25, 0.3) is 0 Å². The molecule has 172 valence electrons. The number of sulfonamides is 1. The lowest BCUT2D eigenvalue weighted by Gasteiger charge is -2.18. The van der Waals surface area contributed by atoms with E-state index in [1.54, 1.807) is 43.5 Å². The van der Waals surface area contributed by atoms with Crippen molar-refractivity contribution in [2.45, 2.75) is 31.7 Å². The van der Waals surface area contributed by atoms with Gasteiger partial charge in [-0.3, -0.25) is 9.59 Å². The fourth-order valence-corrected chi connectivity index (χ4v) is 4.41. The molecular weight excluding hydrogens is 430 g/mol. The normalized spacial score (nSPS) is 14.8. The Morgan fingerprint density at radius 3 is 2.22 bits per heavy atom. The molecule has 1 fully saturated rings. The Kier molecular flexibility index (Phi) is 7.87. The number of carbonyl (C=O) groups excluding carboxylic acids is 2. The first kappa shape index (κ1) is 23.7. The number of methoxy groups -OCH3 is 1. The summed E-state index contributed by atoms with van der Waals surface area (Å²) in [5.41, 5.74) is 2.12. The van der Waals surface area contributed by atoms with Gasteiger partial charge < -0.3 is 15.0 Å². The molecule has 0 saturated carbocycles. The highest BCUT2D eigenvalue weighted by atomic mass is 32.2. The number of rotatable bonds is 9. The lowest BCUT2D eigenvalue weighted by molar-refractivity contribution is -0.129. The van der Waals surface area contributed by atoms with Crippen LogP contribution in [0, 0.1) is 0 Å². The molecule has 2 aromatic rings. The van der Waals surface area contributed by atoms with Gasteiger partial charge in [-0.2, -0.15) is 0 Å². The second-order valence-electron chi connectivity index (χ2n) is 7.93. The largest absolute Gasteiger partial charge is 0.497 e. The Morgan fingerprint density at radius 2 is 1.66 bits per heavy atom. The van der Waals surface area contributed by atoms with Crippen LogP contribution in [0.5, 0.6) is 5.75 Å². The summed E-state index contributed by atoms with van der Waals surface area (Å²) >= 11 is 0. The molecule has 2 aromatic carbocycles. The molecule has 1 atom stereocenters. The zero-order valence-corrected chi connectivity index (χ0v) is 19.2. The average molecular weight is 460 g/mol. The van der Waals surface area contributed by atoms with Gasteiger partial charge >= 0.3 is 0 Å². The van der Waals surface area contributed by atoms with Crippen molar-refractivity contribution in [3.63, 3.8) is 0 Å². The highest BCUT2D eigenvalue weighted by Crippen LogP contribution is 2.22. The van der Waals surface area contributed by atoms with Gasteiger partial charge in [0.1, 0.15) is 5.75 Å². The van der Waals surface area contributed by atoms with Crippen LogP contribution in [-0.2, 0) is 26.0 Å². The van der Waals surface area contributed by atoms with Crippen LogP contribution in [-0.4, -0.2) is 51.6 Å². The van der Waals surface area contributed by atoms with Crippen molar-refractivity contribution in [2.75, 3.05) is 31.8 Å². The van der Waals surface area contributed by atoms with Crippen molar-refractivity contribution in [1.82, 2.24) is 9.62 Å². The van der Waals surface area contributed by atoms with E-state index < -0.39 is 16.1 Å². The molecule has 9 heteroatoms. The maximum atomic E-state index is 12.6. The molecule has 0 aliphatic carbocycles. The van der Waals surface area contributed by atoms with Crippen LogP contribution in [0.3, 0.4) is 0 Å². The molecule has 1 aliphatic rings. The number of carbonyl (C=O) groups is 2. The minimum atomic E-state index is -3.53. The van der Waals surface area contributed by atoms with Gasteiger partial charge in [0.15, 0.2) is 0 Å². The van der Waals surface area contributed by atoms with Crippen molar-refractivity contribution < 1.29 is 22.7 Å². The third-order valence-electron chi connectivity index (χ3n) is 5.32. The van der Waals surface area contributed by atoms with Crippen LogP contribution in [0.25, 0.3) is 0 Å². The fourth-order valence-electron chi connectivity index (χ4n) is 3.68. The van der Waals surface area contributed by atoms with Crippen LogP contribution in [0.4, 0.5) is 5.69 Å². The predicted molar refractivity (Wildman–Crippen MR) is 123 cm³/mol. The lowest BCUT2D eigenvalue weighted by Crippen LogP contribution is -2.30. The Bertz CT molecular complexity index is 1030. The van der Waals surface area contributed by atoms with Gasteiger partial charge in [-0.05, 0) is 48.2 Å². The highest BCUT2D eigenvalue weighted by Gasteiger charge is 2.21. The van der Waals surface area contributed by atoms with Gasteiger partial charge in [-0.25, -0.2) is 13.1 Å². The zero-order valence-electron chi connectivity index (χ0n) is 18.3. The summed E-state index contributed by atoms with van der Waals surface area (Å²) in [5, 5.41) is 2.79. The van der Waals surface area contributed by atoms with Gasteiger partial charge in [0, 0.05) is 25.2 Å². The summed E-state index contributed by atoms with van der Waals surface area (Å²) < 4.78 is 31.2. The first-order valence-electron chi connectivity index (χ1n) is 10.5. The first-order valence-corrected chi connectivity index (χ1v) is 12.4. The number of hydrogen-bond donors (Lipinski definition) is 2. The van der Waals surface area contributed by atoms with Crippen LogP contribution in [0.1, 0.15) is 36.4 Å². The summed E-state index contributed by atoms with van der Waals surface area (Å²) in [6.07, 6.45) is 3.44. The summed E-state index contributed by atoms with van der Waals surface area (Å²) in [7, 11) is -1.98. The van der Waals surface area contributed by atoms with E-state index in [4.69, 9.17) is 4.74 Å². The third kappa shape index (κ3) is 7.06. The number of hydrogen-bond acceptors (Lipinski definition) is 5. The smallest absolute Gasteiger partial charge is 0.226 e. The number of benzene rings is 2. The molecule has 0 aromatic heterocycles. The minimum Gasteiger partial charge on any atom is -0.497 e. The molecular formula is C23H29N3O5S. The monoisotopic (exact) mass is 459 g/mol. The molecule has 3 rings (SSSR count). The molecule has 1 heterocycles. The van der Waals surface area contributed by atoms with Crippen molar-refractivity contribution in [3.05, 3.63) is 59.7 Å². The quantitative estimate of drug-likeness (QED) is 0.599. The first-order chi connectivity index (χ1) is 15.2. The topological polar surface area (TPSA) is 105 Å². The Labute approximate surface area is 189 Å². The van der Waals surface area contributed by atoms with E-state index in [1.165, 1.54) is 0 Å². The van der Waals surface area contributed by atoms with Crippen LogP contribution in [0.15, 0.2) is 48.5 Å². The Hall–Kier alpha value is -2.91. The molecule has 0 bridgehead atoms. The predicted octanol–water partition coefficient (Wildman–Crippen LogP) is 2.48. The highest BCUT2D eigenvalue weighted by molar-refractivity contribution is 7.88. The van der Waals surface area contributed by atoms with Gasteiger partial charge in [-0.15, -0.1) is 0 Å². The fraction of sp³-hybridized carbons (Fsp3) is 0.391. The van der Waals surface area contributed by atoms with Gasteiger partial charge in [0.05, 0.1) is 25.8 Å². The van der Waals surface area contributed by atoms with E-state index in [9.17, 15) is 18.0 Å². The second-order valence-corrected chi connectivity index (χ2v) is 9.71. The standard InChI is InChI=1S/C23H29N3O5S/c1-31-20-11-7-18(8-12-20)21(25-32(2,29)30)16-22(27)24-19-9-5-17(6-10-19)15-23(28)26-13-3-4-14-26/h5-12,21,25H,3-4,13-16H2,1-2H3,(H,24,27). The number of nitrogens with zero attached hydrogens (tertiary/aromatic N) is 1. The molecule has 1 aliphatic heterocycles. The third-order valence-corrected chi connectivity index (χ3v) is 6.03. The molecule has 0 radical (unpaired) electrons. The minimum absolute atomic E-state index is 0.0748. The maximum Gasteiger partial charge on any atom is 0.226 e. The van der Waals surface area contributed by atoms with E-state index in [0.29, 0.717) is 23.4 Å². The summed E-state index contributed by atoms with van der Waals surface area (Å²) in [6, 6.07) is 13.3. The van der Waals surface area contributed by atoms with Crippen molar-refractivity contribution >= 4 is 27.5 Å². The molecule has 2 amide bonds. The van der Waals surface area contributed by atoms with Crippen LogP contribution < -0.4 is 14.8 Å². The number of likely N-dealkylation sites (tertiary alicyclic amines) is 1. The van der Waals surface area contributed by atoms with E-state index in [-0.39, 0.29) is 18.2 Å². The SMILES string of the molecule is COc1ccc(C(CC(=O)Nc2ccc(CC(=O)N3CCCC3)cc2)NS(C)(=O)=O)cc1. The van der Waals surface area contributed by atoms with Gasteiger partial charge in [0.2, 0.25) is 21.8 Å². The molecule has 0 spiro atoms. The Morgan fingerprint density at radius 1 is 1.03 bits per heavy atom. The molecule has 8 nitrogen and oxygen atoms in total. The van der Waals surface area contributed by atoms with Gasteiger partial charge in [-0.1, -0.05) is 24.3 Å². The molecule has 2 N–H and O–H groups in total. The van der Waals surface area contributed by atoms with E-state index in [1.807, 2.05) is 17.0 Å². The average Bonchev–Trinajstić information content (AvgIpc) is 3.29. The number of nitrogens with one attached hydrogen (secondary N) is 2. The van der Waals surface area contributed by atoms with E-state index >= 15 is 0 Å². The molecule has 1 saturated heterocycles. The Balaban J connectivity index is 1.61. The van der Waals surface area contributed by atoms with E-state index in [0.717, 1.165) is 37.8 Å².